The number of nitrogens with zero attached hydrogens (tertiary/aromatic N) is 4. The van der Waals surface area contributed by atoms with Crippen molar-refractivity contribution < 1.29 is 19.5 Å². The molecule has 2 saturated heterocycles. The van der Waals surface area contributed by atoms with Crippen LogP contribution in [-0.4, -0.2) is 83.6 Å². The monoisotopic (exact) mass is 489 g/mol. The Morgan fingerprint density at radius 2 is 1.74 bits per heavy atom. The number of amides is 3. The molecule has 35 heavy (non-hydrogen) atoms. The number of nitrogens with one attached hydrogen (secondary N) is 2. The summed E-state index contributed by atoms with van der Waals surface area (Å²) in [5.41, 5.74) is 4.50. The summed E-state index contributed by atoms with van der Waals surface area (Å²) in [7, 11) is 1.99. The van der Waals surface area contributed by atoms with Crippen molar-refractivity contribution in [3.8, 4) is 6.07 Å². The number of aliphatic imine (C=N–C) groups is 1. The van der Waals surface area contributed by atoms with Crippen molar-refractivity contribution in [2.45, 2.75) is 75.8 Å². The molecular formula is C24H39N7O4. The van der Waals surface area contributed by atoms with Gasteiger partial charge >= 0.3 is 6.09 Å². The summed E-state index contributed by atoms with van der Waals surface area (Å²) < 4.78 is 0. The van der Waals surface area contributed by atoms with Crippen LogP contribution in [0.1, 0.15) is 64.2 Å². The first-order chi connectivity index (χ1) is 16.7. The molecule has 1 atom stereocenters. The lowest BCUT2D eigenvalue weighted by Crippen LogP contribution is -2.56. The van der Waals surface area contributed by atoms with Crippen LogP contribution in [0, 0.1) is 23.2 Å². The maximum absolute atomic E-state index is 13.5. The zero-order chi connectivity index (χ0) is 25.4. The summed E-state index contributed by atoms with van der Waals surface area (Å²) in [5, 5.41) is 24.7. The quantitative estimate of drug-likeness (QED) is 0.322. The van der Waals surface area contributed by atoms with Crippen molar-refractivity contribution in [3.05, 3.63) is 0 Å². The molecule has 2 aliphatic heterocycles. The zero-order valence-corrected chi connectivity index (χ0v) is 20.7. The van der Waals surface area contributed by atoms with E-state index in [1.54, 1.807) is 4.90 Å². The molecule has 11 nitrogen and oxygen atoms in total. The molecule has 5 N–H and O–H groups in total. The maximum Gasteiger partial charge on any atom is 0.411 e. The van der Waals surface area contributed by atoms with Crippen molar-refractivity contribution in [3.63, 3.8) is 0 Å². The average molecular weight is 490 g/mol. The van der Waals surface area contributed by atoms with Gasteiger partial charge in [-0.25, -0.2) is 9.79 Å². The molecule has 3 rings (SSSR count). The highest BCUT2D eigenvalue weighted by Gasteiger charge is 2.38. The second kappa shape index (κ2) is 12.2. The Morgan fingerprint density at radius 3 is 2.29 bits per heavy atom. The number of hydrogen-bond donors (Lipinski definition) is 4. The van der Waals surface area contributed by atoms with Crippen molar-refractivity contribution in [2.75, 3.05) is 33.2 Å². The van der Waals surface area contributed by atoms with Gasteiger partial charge in [-0.2, -0.15) is 5.26 Å². The molecule has 0 aromatic rings. The van der Waals surface area contributed by atoms with E-state index in [-0.39, 0.29) is 23.7 Å². The number of rotatable bonds is 6. The minimum absolute atomic E-state index is 0.116. The van der Waals surface area contributed by atoms with Crippen LogP contribution in [-0.2, 0) is 9.59 Å². The van der Waals surface area contributed by atoms with E-state index in [1.165, 1.54) is 6.42 Å². The molecule has 2 heterocycles. The van der Waals surface area contributed by atoms with Crippen LogP contribution in [0.5, 0.6) is 0 Å². The molecule has 0 radical (unpaired) electrons. The second-order valence-corrected chi connectivity index (χ2v) is 10.3. The molecule has 1 unspecified atom stereocenters. The van der Waals surface area contributed by atoms with Crippen molar-refractivity contribution in [2.24, 2.45) is 22.6 Å². The molecule has 3 aliphatic rings. The highest BCUT2D eigenvalue weighted by molar-refractivity contribution is 5.95. The smallest absolute Gasteiger partial charge is 0.411 e. The number of hydrogen-bond acceptors (Lipinski definition) is 6. The van der Waals surface area contributed by atoms with E-state index in [2.05, 4.69) is 26.6 Å². The zero-order valence-electron chi connectivity index (χ0n) is 20.7. The lowest BCUT2D eigenvalue weighted by Gasteiger charge is -2.37. The van der Waals surface area contributed by atoms with Crippen LogP contribution in [0.25, 0.3) is 0 Å². The highest BCUT2D eigenvalue weighted by Crippen LogP contribution is 2.29. The third kappa shape index (κ3) is 7.56. The van der Waals surface area contributed by atoms with Gasteiger partial charge in [0.25, 0.3) is 0 Å². The Hall–Kier alpha value is -2.87. The fraction of sp³-hybridized carbons (Fsp3) is 0.792. The molecule has 3 amide bonds. The van der Waals surface area contributed by atoms with Crippen LogP contribution >= 0.6 is 0 Å². The van der Waals surface area contributed by atoms with Gasteiger partial charge in [-0.3, -0.25) is 14.9 Å². The number of piperidine rings is 2. The third-order valence-electron chi connectivity index (χ3n) is 7.69. The summed E-state index contributed by atoms with van der Waals surface area (Å²) >= 11 is 0. The van der Waals surface area contributed by atoms with Crippen LogP contribution in [0.3, 0.4) is 0 Å². The van der Waals surface area contributed by atoms with Crippen LogP contribution < -0.4 is 16.4 Å². The maximum atomic E-state index is 13.5. The van der Waals surface area contributed by atoms with Gasteiger partial charge in [0.15, 0.2) is 0 Å². The second-order valence-electron chi connectivity index (χ2n) is 10.3. The number of likely N-dealkylation sites (tertiary alicyclic amines) is 2. The number of nitriles is 1. The van der Waals surface area contributed by atoms with Gasteiger partial charge in [-0.05, 0) is 45.1 Å². The normalized spacial score (nSPS) is 23.2. The molecule has 3 fully saturated rings. The largest absolute Gasteiger partial charge is 0.465 e. The number of carbonyl (C=O) groups is 3. The van der Waals surface area contributed by atoms with Crippen molar-refractivity contribution in [1.82, 2.24) is 20.4 Å². The number of carbonyl (C=O) groups excluding carboxylic acids is 2. The van der Waals surface area contributed by atoms with Crippen LogP contribution in [0.15, 0.2) is 4.99 Å². The molecule has 0 spiro atoms. The number of guanidine groups is 1. The van der Waals surface area contributed by atoms with E-state index in [0.29, 0.717) is 64.2 Å². The lowest BCUT2D eigenvalue weighted by atomic mass is 9.84. The van der Waals surface area contributed by atoms with Gasteiger partial charge < -0.3 is 26.0 Å². The van der Waals surface area contributed by atoms with Gasteiger partial charge in [0, 0.05) is 32.1 Å². The summed E-state index contributed by atoms with van der Waals surface area (Å²) in [6.45, 7) is 2.26. The Kier molecular flexibility index (Phi) is 9.32. The molecule has 0 bridgehead atoms. The Morgan fingerprint density at radius 1 is 1.11 bits per heavy atom. The summed E-state index contributed by atoms with van der Waals surface area (Å²) in [5.74, 6) is -0.503. The molecular weight excluding hydrogens is 450 g/mol. The number of primary amides is 1. The van der Waals surface area contributed by atoms with Gasteiger partial charge in [0.2, 0.25) is 17.8 Å². The molecule has 11 heteroatoms. The summed E-state index contributed by atoms with van der Waals surface area (Å²) in [4.78, 5) is 45.2. The minimum Gasteiger partial charge on any atom is -0.465 e. The van der Waals surface area contributed by atoms with E-state index in [4.69, 9.17) is 5.73 Å². The molecule has 0 aromatic heterocycles. The van der Waals surface area contributed by atoms with Crippen molar-refractivity contribution >= 4 is 23.9 Å². The van der Waals surface area contributed by atoms with E-state index in [9.17, 15) is 24.8 Å². The predicted molar refractivity (Wildman–Crippen MR) is 130 cm³/mol. The first-order valence-electron chi connectivity index (χ1n) is 12.7. The number of nitrogens with two attached hydrogens (primary N) is 1. The van der Waals surface area contributed by atoms with Crippen LogP contribution in [0.2, 0.25) is 0 Å². The van der Waals surface area contributed by atoms with Crippen molar-refractivity contribution in [1.29, 1.82) is 5.26 Å². The molecule has 194 valence electrons. The Bertz CT molecular complexity index is 833. The fourth-order valence-electron chi connectivity index (χ4n) is 5.35. The predicted octanol–water partition coefficient (Wildman–Crippen LogP) is 1.25. The van der Waals surface area contributed by atoms with Gasteiger partial charge in [0.1, 0.15) is 11.6 Å². The Labute approximate surface area is 207 Å². The first-order valence-corrected chi connectivity index (χ1v) is 12.7. The van der Waals surface area contributed by atoms with Crippen LogP contribution in [0.4, 0.5) is 4.79 Å². The molecule has 0 aromatic carbocycles. The number of carboxylic acid groups (broad SMARTS) is 1. The van der Waals surface area contributed by atoms with E-state index >= 15 is 0 Å². The topological polar surface area (TPSA) is 164 Å². The Balaban J connectivity index is 1.82. The fourth-order valence-corrected chi connectivity index (χ4v) is 5.35. The van der Waals surface area contributed by atoms with E-state index in [1.807, 2.05) is 7.05 Å². The lowest BCUT2D eigenvalue weighted by molar-refractivity contribution is -0.124. The van der Waals surface area contributed by atoms with Gasteiger partial charge in [-0.1, -0.05) is 32.1 Å². The van der Waals surface area contributed by atoms with E-state index in [0.717, 1.165) is 25.7 Å². The molecule has 1 aliphatic carbocycles. The summed E-state index contributed by atoms with van der Waals surface area (Å²) in [6.07, 6.45) is 6.74. The average Bonchev–Trinajstić information content (AvgIpc) is 2.85. The van der Waals surface area contributed by atoms with E-state index < -0.39 is 17.7 Å². The van der Waals surface area contributed by atoms with Gasteiger partial charge in [0.05, 0.1) is 6.07 Å². The SMILES string of the molecule is CN1CCC(C#N)(NC(=O)C(CC2CCCCC2)N=C(NC(=O)O)N2CCC(C(N)=O)CC2)CC1. The first kappa shape index (κ1) is 26.7. The standard InChI is InChI=1S/C24H39N7O4/c1-30-13-9-24(16-25,10-14-30)29-21(33)19(15-17-5-3-2-4-6-17)27-22(28-23(34)35)31-11-7-18(8-12-31)20(26)32/h17-19H,2-15H2,1H3,(H2,26,32)(H,27,28)(H,29,33)(H,34,35). The molecule has 1 saturated carbocycles. The summed E-state index contributed by atoms with van der Waals surface area (Å²) in [6, 6.07) is 1.51. The highest BCUT2D eigenvalue weighted by atomic mass is 16.4. The van der Waals surface area contributed by atoms with Gasteiger partial charge in [-0.15, -0.1) is 0 Å². The minimum atomic E-state index is -1.26. The third-order valence-corrected chi connectivity index (χ3v) is 7.69.